The molecule has 3 aromatic carbocycles. The Morgan fingerprint density at radius 3 is 2.10 bits per heavy atom. The van der Waals surface area contributed by atoms with Crippen LogP contribution in [0.3, 0.4) is 0 Å². The van der Waals surface area contributed by atoms with Crippen LogP contribution >= 0.6 is 11.8 Å². The summed E-state index contributed by atoms with van der Waals surface area (Å²) in [5.41, 5.74) is 2.45. The molecule has 150 valence electrons. The topological polar surface area (TPSA) is 49.2 Å². The summed E-state index contributed by atoms with van der Waals surface area (Å²) in [4.78, 5) is 0. The van der Waals surface area contributed by atoms with Gasteiger partial charge < -0.3 is 14.0 Å². The van der Waals surface area contributed by atoms with Crippen LogP contribution in [-0.4, -0.2) is 21.4 Å². The minimum Gasteiger partial charge on any atom is -0.485 e. The molecule has 0 amide bonds. The van der Waals surface area contributed by atoms with Gasteiger partial charge in [-0.1, -0.05) is 84.6 Å². The van der Waals surface area contributed by atoms with Crippen LogP contribution in [0.5, 0.6) is 11.5 Å². The van der Waals surface area contributed by atoms with Crippen LogP contribution in [0.15, 0.2) is 90.1 Å². The Bertz CT molecular complexity index is 1090. The molecule has 2 heterocycles. The van der Waals surface area contributed by atoms with E-state index >= 15 is 0 Å². The summed E-state index contributed by atoms with van der Waals surface area (Å²) in [6.45, 7) is 0.411. The van der Waals surface area contributed by atoms with Crippen LogP contribution in [0, 0.1) is 0 Å². The van der Waals surface area contributed by atoms with Crippen molar-refractivity contribution < 1.29 is 9.47 Å². The highest BCUT2D eigenvalue weighted by Crippen LogP contribution is 2.41. The number of rotatable bonds is 5. The summed E-state index contributed by atoms with van der Waals surface area (Å²) in [5, 5.41) is 9.87. The molecule has 4 aromatic rings. The minimum absolute atomic E-state index is 0.118. The van der Waals surface area contributed by atoms with Gasteiger partial charge in [0.05, 0.1) is 5.25 Å². The fraction of sp³-hybridized carbons (Fsp3) is 0.167. The molecule has 30 heavy (non-hydrogen) atoms. The van der Waals surface area contributed by atoms with Crippen LogP contribution in [0.2, 0.25) is 0 Å². The summed E-state index contributed by atoms with van der Waals surface area (Å²) < 4.78 is 14.0. The predicted octanol–water partition coefficient (Wildman–Crippen LogP) is 5.21. The van der Waals surface area contributed by atoms with E-state index in [1.54, 1.807) is 11.8 Å². The summed E-state index contributed by atoms with van der Waals surface area (Å²) in [7, 11) is 1.98. The molecule has 0 aliphatic carbocycles. The van der Waals surface area contributed by atoms with Crippen molar-refractivity contribution in [2.45, 2.75) is 16.5 Å². The number of hydrogen-bond acceptors (Lipinski definition) is 5. The van der Waals surface area contributed by atoms with E-state index < -0.39 is 0 Å². The van der Waals surface area contributed by atoms with Gasteiger partial charge in [-0.25, -0.2) is 0 Å². The number of para-hydroxylation sites is 2. The maximum Gasteiger partial charge on any atom is 0.192 e. The number of aromatic nitrogens is 3. The molecule has 0 radical (unpaired) electrons. The molecule has 1 unspecified atom stereocenters. The van der Waals surface area contributed by atoms with Crippen molar-refractivity contribution >= 4 is 11.8 Å². The average molecular weight is 416 g/mol. The number of fused-ring (bicyclic) bond motifs is 1. The zero-order valence-corrected chi connectivity index (χ0v) is 17.3. The molecule has 1 aromatic heterocycles. The van der Waals surface area contributed by atoms with Crippen molar-refractivity contribution in [2.24, 2.45) is 7.05 Å². The van der Waals surface area contributed by atoms with Gasteiger partial charge in [-0.15, -0.1) is 10.2 Å². The van der Waals surface area contributed by atoms with Gasteiger partial charge >= 0.3 is 0 Å². The number of thioether (sulfide) groups is 1. The Kier molecular flexibility index (Phi) is 5.15. The first-order valence-corrected chi connectivity index (χ1v) is 10.7. The van der Waals surface area contributed by atoms with Gasteiger partial charge in [0.25, 0.3) is 0 Å². The molecule has 1 atom stereocenters. The number of benzene rings is 3. The second-order valence-corrected chi connectivity index (χ2v) is 8.16. The number of hydrogen-bond donors (Lipinski definition) is 0. The highest BCUT2D eigenvalue weighted by Gasteiger charge is 2.28. The third-order valence-electron chi connectivity index (χ3n) is 5.09. The zero-order valence-electron chi connectivity index (χ0n) is 16.5. The maximum absolute atomic E-state index is 6.13. The maximum atomic E-state index is 6.13. The van der Waals surface area contributed by atoms with Gasteiger partial charge in [-0.2, -0.15) is 0 Å². The van der Waals surface area contributed by atoms with Crippen LogP contribution in [0.1, 0.15) is 28.3 Å². The molecule has 6 heteroatoms. The first-order valence-electron chi connectivity index (χ1n) is 9.84. The lowest BCUT2D eigenvalue weighted by atomic mass is 10.0. The normalized spacial score (nSPS) is 15.3. The predicted molar refractivity (Wildman–Crippen MR) is 117 cm³/mol. The molecule has 0 saturated heterocycles. The van der Waals surface area contributed by atoms with Gasteiger partial charge in [0.1, 0.15) is 6.61 Å². The lowest BCUT2D eigenvalue weighted by Crippen LogP contribution is -2.24. The molecule has 0 spiro atoms. The molecule has 1 aliphatic rings. The monoisotopic (exact) mass is 415 g/mol. The van der Waals surface area contributed by atoms with E-state index in [1.807, 2.05) is 48.0 Å². The molecular formula is C24H21N3O2S. The summed E-state index contributed by atoms with van der Waals surface area (Å²) in [6.07, 6.45) is -0.293. The van der Waals surface area contributed by atoms with Gasteiger partial charge in [0.2, 0.25) is 0 Å². The average Bonchev–Trinajstić information content (AvgIpc) is 3.18. The summed E-state index contributed by atoms with van der Waals surface area (Å²) >= 11 is 1.68. The number of ether oxygens (including phenoxy) is 2. The largest absolute Gasteiger partial charge is 0.485 e. The lowest BCUT2D eigenvalue weighted by molar-refractivity contribution is 0.0825. The highest BCUT2D eigenvalue weighted by atomic mass is 32.2. The van der Waals surface area contributed by atoms with Crippen molar-refractivity contribution in [3.63, 3.8) is 0 Å². The molecule has 0 saturated carbocycles. The fourth-order valence-electron chi connectivity index (χ4n) is 3.55. The van der Waals surface area contributed by atoms with E-state index in [-0.39, 0.29) is 11.4 Å². The van der Waals surface area contributed by atoms with Crippen molar-refractivity contribution in [1.82, 2.24) is 14.8 Å². The SMILES string of the molecule is Cn1c(SC(c2ccccc2)c2ccccc2)nnc1C1COc2ccccc2O1. The first kappa shape index (κ1) is 18.8. The quantitative estimate of drug-likeness (QED) is 0.419. The molecule has 5 nitrogen and oxygen atoms in total. The second-order valence-electron chi connectivity index (χ2n) is 7.08. The standard InChI is InChI=1S/C24H21N3O2S/c1-27-23(21-16-28-19-14-8-9-15-20(19)29-21)25-26-24(27)30-22(17-10-4-2-5-11-17)18-12-6-3-7-13-18/h2-15,21-22H,16H2,1H3. The zero-order chi connectivity index (χ0) is 20.3. The van der Waals surface area contributed by atoms with Crippen molar-refractivity contribution in [1.29, 1.82) is 0 Å². The summed E-state index contributed by atoms with van der Waals surface area (Å²) in [5.74, 6) is 2.25. The Morgan fingerprint density at radius 2 is 1.43 bits per heavy atom. The lowest BCUT2D eigenvalue weighted by Gasteiger charge is -2.25. The Balaban J connectivity index is 1.43. The van der Waals surface area contributed by atoms with E-state index in [1.165, 1.54) is 11.1 Å². The molecular weight excluding hydrogens is 394 g/mol. The smallest absolute Gasteiger partial charge is 0.192 e. The highest BCUT2D eigenvalue weighted by molar-refractivity contribution is 7.99. The van der Waals surface area contributed by atoms with Crippen molar-refractivity contribution in [2.75, 3.05) is 6.61 Å². The molecule has 5 rings (SSSR count). The van der Waals surface area contributed by atoms with Gasteiger partial charge in [0, 0.05) is 7.05 Å². The third kappa shape index (κ3) is 3.66. The Hall–Kier alpha value is -3.25. The van der Waals surface area contributed by atoms with E-state index in [9.17, 15) is 0 Å². The van der Waals surface area contributed by atoms with Crippen LogP contribution in [-0.2, 0) is 7.05 Å². The van der Waals surface area contributed by atoms with Gasteiger partial charge in [-0.3, -0.25) is 0 Å². The molecule has 0 bridgehead atoms. The van der Waals surface area contributed by atoms with E-state index in [0.717, 1.165) is 22.5 Å². The van der Waals surface area contributed by atoms with E-state index in [2.05, 4.69) is 58.7 Å². The molecule has 0 fully saturated rings. The molecule has 0 N–H and O–H groups in total. The van der Waals surface area contributed by atoms with E-state index in [0.29, 0.717) is 6.61 Å². The number of nitrogens with zero attached hydrogens (tertiary/aromatic N) is 3. The van der Waals surface area contributed by atoms with E-state index in [4.69, 9.17) is 9.47 Å². The minimum atomic E-state index is -0.293. The van der Waals surface area contributed by atoms with Gasteiger partial charge in [0.15, 0.2) is 28.6 Å². The van der Waals surface area contributed by atoms with Gasteiger partial charge in [-0.05, 0) is 23.3 Å². The first-order chi connectivity index (χ1) is 14.8. The second kappa shape index (κ2) is 8.24. The Morgan fingerprint density at radius 1 is 0.833 bits per heavy atom. The molecule has 1 aliphatic heterocycles. The third-order valence-corrected chi connectivity index (χ3v) is 6.44. The van der Waals surface area contributed by atoms with Crippen molar-refractivity contribution in [3.8, 4) is 11.5 Å². The van der Waals surface area contributed by atoms with Crippen LogP contribution < -0.4 is 9.47 Å². The fourth-order valence-corrected chi connectivity index (χ4v) is 4.68. The van der Waals surface area contributed by atoms with Crippen LogP contribution in [0.4, 0.5) is 0 Å². The van der Waals surface area contributed by atoms with Crippen molar-refractivity contribution in [3.05, 3.63) is 102 Å². The summed E-state index contributed by atoms with van der Waals surface area (Å²) in [6, 6.07) is 28.6. The van der Waals surface area contributed by atoms with Crippen LogP contribution in [0.25, 0.3) is 0 Å². The Labute approximate surface area is 179 Å².